The summed E-state index contributed by atoms with van der Waals surface area (Å²) in [4.78, 5) is 28.7. The molecular weight excluding hydrogens is 326 g/mol. The van der Waals surface area contributed by atoms with Crippen LogP contribution in [0.5, 0.6) is 0 Å². The Balaban J connectivity index is 1.49. The van der Waals surface area contributed by atoms with Crippen molar-refractivity contribution in [3.63, 3.8) is 0 Å². The van der Waals surface area contributed by atoms with Gasteiger partial charge in [-0.25, -0.2) is 9.97 Å². The third-order valence-corrected chi connectivity index (χ3v) is 5.84. The molecule has 2 aliphatic heterocycles. The molecule has 6 heteroatoms. The van der Waals surface area contributed by atoms with Crippen LogP contribution >= 0.6 is 0 Å². The Labute approximate surface area is 151 Å². The molecule has 1 amide bonds. The predicted octanol–water partition coefficient (Wildman–Crippen LogP) is 2.61. The number of anilines is 1. The van der Waals surface area contributed by atoms with Crippen molar-refractivity contribution in [1.82, 2.24) is 19.9 Å². The molecule has 2 fully saturated rings. The van der Waals surface area contributed by atoms with Gasteiger partial charge in [-0.1, -0.05) is 30.3 Å². The van der Waals surface area contributed by atoms with Gasteiger partial charge in [0.25, 0.3) is 0 Å². The number of nitrogens with one attached hydrogen (secondary N) is 1. The third kappa shape index (κ3) is 2.29. The maximum absolute atomic E-state index is 12.2. The number of carbonyl (C=O) groups excluding carboxylic acids is 1. The number of benzene rings is 1. The van der Waals surface area contributed by atoms with Gasteiger partial charge in [-0.2, -0.15) is 0 Å². The summed E-state index contributed by atoms with van der Waals surface area (Å²) < 4.78 is 0. The van der Waals surface area contributed by atoms with E-state index in [0.717, 1.165) is 36.5 Å². The molecule has 3 aromatic rings. The van der Waals surface area contributed by atoms with Crippen molar-refractivity contribution in [2.24, 2.45) is 11.8 Å². The molecule has 3 atom stereocenters. The van der Waals surface area contributed by atoms with Crippen LogP contribution in [0, 0.1) is 11.8 Å². The molecule has 0 aliphatic carbocycles. The Bertz CT molecular complexity index is 953. The van der Waals surface area contributed by atoms with E-state index in [2.05, 4.69) is 44.1 Å². The number of carbonyl (C=O) groups is 1. The van der Waals surface area contributed by atoms with E-state index in [1.54, 1.807) is 13.3 Å². The summed E-state index contributed by atoms with van der Waals surface area (Å²) >= 11 is 0. The van der Waals surface area contributed by atoms with Crippen LogP contribution in [0.15, 0.2) is 48.9 Å². The maximum atomic E-state index is 12.2. The molecule has 0 bridgehead atoms. The van der Waals surface area contributed by atoms with Crippen LogP contribution in [0.3, 0.4) is 0 Å². The molecular formula is C20H21N5O. The van der Waals surface area contributed by atoms with Crippen LogP contribution in [0.25, 0.3) is 11.0 Å². The van der Waals surface area contributed by atoms with Gasteiger partial charge in [-0.15, -0.1) is 0 Å². The first-order chi connectivity index (χ1) is 12.7. The molecule has 2 saturated heterocycles. The van der Waals surface area contributed by atoms with Gasteiger partial charge < -0.3 is 14.8 Å². The van der Waals surface area contributed by atoms with E-state index in [9.17, 15) is 4.79 Å². The zero-order valence-electron chi connectivity index (χ0n) is 14.7. The molecule has 0 saturated carbocycles. The minimum atomic E-state index is 0.146. The molecule has 26 heavy (non-hydrogen) atoms. The van der Waals surface area contributed by atoms with Gasteiger partial charge in [0.1, 0.15) is 17.8 Å². The molecule has 2 aliphatic rings. The fraction of sp³-hybridized carbons (Fsp3) is 0.350. The van der Waals surface area contributed by atoms with Crippen LogP contribution in [-0.2, 0) is 4.79 Å². The number of nitrogens with zero attached hydrogens (tertiary/aromatic N) is 4. The van der Waals surface area contributed by atoms with Gasteiger partial charge >= 0.3 is 0 Å². The molecule has 1 aromatic carbocycles. The topological polar surface area (TPSA) is 65.1 Å². The molecule has 0 spiro atoms. The van der Waals surface area contributed by atoms with Crippen LogP contribution in [-0.4, -0.2) is 45.4 Å². The molecule has 132 valence electrons. The highest BCUT2D eigenvalue weighted by Crippen LogP contribution is 2.46. The van der Waals surface area contributed by atoms with Gasteiger partial charge in [0.15, 0.2) is 0 Å². The minimum absolute atomic E-state index is 0.146. The maximum Gasteiger partial charge on any atom is 0.219 e. The number of aromatic amines is 1. The SMILES string of the molecule is CC(=O)N1C[C@H]2CN(c3ncnc4[nH]ccc34)C[C@H]2[C@@H]1c1ccccc1. The summed E-state index contributed by atoms with van der Waals surface area (Å²) in [7, 11) is 0. The van der Waals surface area contributed by atoms with E-state index in [-0.39, 0.29) is 11.9 Å². The summed E-state index contributed by atoms with van der Waals surface area (Å²) in [5.74, 6) is 2.04. The second-order valence-corrected chi connectivity index (χ2v) is 7.29. The van der Waals surface area contributed by atoms with Gasteiger partial charge in [-0.05, 0) is 11.6 Å². The van der Waals surface area contributed by atoms with Crippen LogP contribution < -0.4 is 4.90 Å². The van der Waals surface area contributed by atoms with Crippen molar-refractivity contribution < 1.29 is 4.79 Å². The van der Waals surface area contributed by atoms with Crippen molar-refractivity contribution in [3.8, 4) is 0 Å². The largest absolute Gasteiger partial charge is 0.355 e. The summed E-state index contributed by atoms with van der Waals surface area (Å²) in [6.45, 7) is 4.33. The lowest BCUT2D eigenvalue weighted by Gasteiger charge is -2.29. The average Bonchev–Trinajstić information content (AvgIpc) is 3.35. The lowest BCUT2D eigenvalue weighted by Crippen LogP contribution is -2.34. The number of hydrogen-bond donors (Lipinski definition) is 1. The first-order valence-electron chi connectivity index (χ1n) is 9.07. The predicted molar refractivity (Wildman–Crippen MR) is 99.7 cm³/mol. The number of rotatable bonds is 2. The second-order valence-electron chi connectivity index (χ2n) is 7.29. The molecule has 4 heterocycles. The number of amides is 1. The zero-order valence-corrected chi connectivity index (χ0v) is 14.7. The molecule has 2 aromatic heterocycles. The Morgan fingerprint density at radius 1 is 1.12 bits per heavy atom. The minimum Gasteiger partial charge on any atom is -0.355 e. The molecule has 0 unspecified atom stereocenters. The first-order valence-corrected chi connectivity index (χ1v) is 9.07. The van der Waals surface area contributed by atoms with Crippen molar-refractivity contribution in [2.75, 3.05) is 24.5 Å². The van der Waals surface area contributed by atoms with E-state index >= 15 is 0 Å². The fourth-order valence-corrected chi connectivity index (χ4v) is 4.73. The number of aromatic nitrogens is 3. The third-order valence-electron chi connectivity index (χ3n) is 5.84. The van der Waals surface area contributed by atoms with E-state index in [4.69, 9.17) is 0 Å². The van der Waals surface area contributed by atoms with E-state index in [1.807, 2.05) is 23.2 Å². The molecule has 1 N–H and O–H groups in total. The Morgan fingerprint density at radius 2 is 1.96 bits per heavy atom. The number of hydrogen-bond acceptors (Lipinski definition) is 4. The highest BCUT2D eigenvalue weighted by atomic mass is 16.2. The average molecular weight is 347 g/mol. The number of fused-ring (bicyclic) bond motifs is 2. The van der Waals surface area contributed by atoms with Crippen LogP contribution in [0.1, 0.15) is 18.5 Å². The molecule has 6 nitrogen and oxygen atoms in total. The van der Waals surface area contributed by atoms with E-state index in [1.165, 1.54) is 5.56 Å². The monoisotopic (exact) mass is 347 g/mol. The number of H-pyrrole nitrogens is 1. The Morgan fingerprint density at radius 3 is 2.77 bits per heavy atom. The highest BCUT2D eigenvalue weighted by molar-refractivity contribution is 5.87. The van der Waals surface area contributed by atoms with Crippen molar-refractivity contribution in [3.05, 3.63) is 54.5 Å². The van der Waals surface area contributed by atoms with E-state index < -0.39 is 0 Å². The Kier molecular flexibility index (Phi) is 3.45. The second kappa shape index (κ2) is 5.83. The van der Waals surface area contributed by atoms with E-state index in [0.29, 0.717) is 11.8 Å². The standard InChI is InChI=1S/C20H21N5O/c1-13(26)25-10-15-9-24(20-16-7-8-21-19(16)22-12-23-20)11-17(15)18(25)14-5-3-2-4-6-14/h2-8,12,15,17-18H,9-11H2,1H3,(H,21,22,23)/t15-,17-,18+/m1/s1. The highest BCUT2D eigenvalue weighted by Gasteiger charge is 2.48. The van der Waals surface area contributed by atoms with Crippen LogP contribution in [0.2, 0.25) is 0 Å². The summed E-state index contributed by atoms with van der Waals surface area (Å²) in [5.41, 5.74) is 2.10. The lowest BCUT2D eigenvalue weighted by molar-refractivity contribution is -0.130. The fourth-order valence-electron chi connectivity index (χ4n) is 4.73. The van der Waals surface area contributed by atoms with Crippen molar-refractivity contribution >= 4 is 22.8 Å². The summed E-state index contributed by atoms with van der Waals surface area (Å²) in [5, 5.41) is 1.06. The zero-order chi connectivity index (χ0) is 17.7. The molecule has 5 rings (SSSR count). The van der Waals surface area contributed by atoms with Crippen LogP contribution in [0.4, 0.5) is 5.82 Å². The lowest BCUT2D eigenvalue weighted by atomic mass is 9.89. The quantitative estimate of drug-likeness (QED) is 0.774. The Hall–Kier alpha value is -2.89. The normalized spacial score (nSPS) is 25.0. The van der Waals surface area contributed by atoms with Gasteiger partial charge in [-0.3, -0.25) is 4.79 Å². The summed E-state index contributed by atoms with van der Waals surface area (Å²) in [6.07, 6.45) is 3.53. The molecule has 0 radical (unpaired) electrons. The van der Waals surface area contributed by atoms with Gasteiger partial charge in [0.05, 0.1) is 11.4 Å². The number of likely N-dealkylation sites (tertiary alicyclic amines) is 1. The summed E-state index contributed by atoms with van der Waals surface area (Å²) in [6, 6.07) is 12.6. The smallest absolute Gasteiger partial charge is 0.219 e. The van der Waals surface area contributed by atoms with Gasteiger partial charge in [0, 0.05) is 44.6 Å². The van der Waals surface area contributed by atoms with Crippen molar-refractivity contribution in [1.29, 1.82) is 0 Å². The first kappa shape index (κ1) is 15.4. The van der Waals surface area contributed by atoms with Crippen molar-refractivity contribution in [2.45, 2.75) is 13.0 Å². The van der Waals surface area contributed by atoms with Gasteiger partial charge in [0.2, 0.25) is 5.91 Å².